The maximum atomic E-state index is 13.2. The van der Waals surface area contributed by atoms with Gasteiger partial charge in [0.15, 0.2) is 9.84 Å². The topological polar surface area (TPSA) is 68.2 Å². The van der Waals surface area contributed by atoms with Gasteiger partial charge in [0, 0.05) is 23.1 Å². The monoisotopic (exact) mass is 442 g/mol. The second-order valence-corrected chi connectivity index (χ2v) is 10.2. The molecule has 4 rings (SSSR count). The molecule has 0 atom stereocenters. The van der Waals surface area contributed by atoms with E-state index >= 15 is 0 Å². The lowest BCUT2D eigenvalue weighted by Gasteiger charge is -2.16. The third-order valence-corrected chi connectivity index (χ3v) is 7.60. The summed E-state index contributed by atoms with van der Waals surface area (Å²) in [4.78, 5) is 12.9. The van der Waals surface area contributed by atoms with Crippen LogP contribution in [0.25, 0.3) is 10.9 Å². The smallest absolute Gasteiger partial charge is 0.240 e. The van der Waals surface area contributed by atoms with E-state index in [1.54, 1.807) is 22.9 Å². The van der Waals surface area contributed by atoms with Crippen LogP contribution in [0.1, 0.15) is 44.1 Å². The van der Waals surface area contributed by atoms with Crippen LogP contribution < -0.4 is 5.32 Å². The molecule has 0 bridgehead atoms. The fraction of sp³-hybridized carbons (Fsp3) is 0.375. The molecule has 0 unspecified atom stereocenters. The molecule has 1 amide bonds. The second-order valence-electron chi connectivity index (χ2n) is 8.28. The number of nitrogens with one attached hydrogen (secondary N) is 1. The number of hydrogen-bond acceptors (Lipinski definition) is 3. The highest BCUT2D eigenvalue weighted by atomic mass is 32.2. The summed E-state index contributed by atoms with van der Waals surface area (Å²) in [5.74, 6) is -0.734. The number of rotatable bonds is 6. The third kappa shape index (κ3) is 5.15. The van der Waals surface area contributed by atoms with Crippen LogP contribution in [0, 0.1) is 5.82 Å². The van der Waals surface area contributed by atoms with E-state index < -0.39 is 15.7 Å². The Hall–Kier alpha value is -2.67. The zero-order valence-corrected chi connectivity index (χ0v) is 18.2. The van der Waals surface area contributed by atoms with Gasteiger partial charge in [-0.1, -0.05) is 56.0 Å². The van der Waals surface area contributed by atoms with Crippen molar-refractivity contribution in [1.82, 2.24) is 9.88 Å². The first-order chi connectivity index (χ1) is 14.9. The van der Waals surface area contributed by atoms with E-state index in [0.29, 0.717) is 16.5 Å². The van der Waals surface area contributed by atoms with Gasteiger partial charge in [0.1, 0.15) is 12.4 Å². The van der Waals surface area contributed by atoms with E-state index in [-0.39, 0.29) is 29.1 Å². The van der Waals surface area contributed by atoms with E-state index in [0.717, 1.165) is 25.7 Å². The van der Waals surface area contributed by atoms with E-state index in [1.807, 2.05) is 12.1 Å². The molecule has 5 nitrogen and oxygen atoms in total. The molecule has 1 aromatic heterocycles. The standard InChI is InChI=1S/C24H27FN2O3S/c25-19-13-11-18(12-14-19)17-31(29,30)23-15-27(22-10-6-5-9-21(22)23)16-24(28)26-20-7-3-1-2-4-8-20/h5-6,9-15,20H,1-4,7-8,16-17H2,(H,26,28). The minimum Gasteiger partial charge on any atom is -0.352 e. The Morgan fingerprint density at radius 2 is 1.68 bits per heavy atom. The van der Waals surface area contributed by atoms with Crippen molar-refractivity contribution in [3.63, 3.8) is 0 Å². The Balaban J connectivity index is 1.58. The van der Waals surface area contributed by atoms with E-state index in [4.69, 9.17) is 0 Å². The summed E-state index contributed by atoms with van der Waals surface area (Å²) in [7, 11) is -3.67. The summed E-state index contributed by atoms with van der Waals surface area (Å²) in [6.45, 7) is 0.0725. The Kier molecular flexibility index (Phi) is 6.41. The molecule has 31 heavy (non-hydrogen) atoms. The summed E-state index contributed by atoms with van der Waals surface area (Å²) in [5, 5.41) is 3.71. The number of para-hydroxylation sites is 1. The van der Waals surface area contributed by atoms with Gasteiger partial charge in [0.25, 0.3) is 0 Å². The number of benzene rings is 2. The summed E-state index contributed by atoms with van der Waals surface area (Å²) in [5.41, 5.74) is 1.22. The molecule has 1 aliphatic rings. The number of carbonyl (C=O) groups excluding carboxylic acids is 1. The second kappa shape index (κ2) is 9.22. The summed E-state index contributed by atoms with van der Waals surface area (Å²) in [6.07, 6.45) is 8.22. The largest absolute Gasteiger partial charge is 0.352 e. The van der Waals surface area contributed by atoms with Crippen LogP contribution in [0.2, 0.25) is 0 Å². The normalized spacial score (nSPS) is 15.6. The van der Waals surface area contributed by atoms with Gasteiger partial charge in [0.2, 0.25) is 5.91 Å². The number of hydrogen-bond donors (Lipinski definition) is 1. The number of sulfone groups is 1. The lowest BCUT2D eigenvalue weighted by atomic mass is 10.1. The lowest BCUT2D eigenvalue weighted by molar-refractivity contribution is -0.122. The van der Waals surface area contributed by atoms with E-state index in [1.165, 1.54) is 37.1 Å². The molecule has 1 N–H and O–H groups in total. The van der Waals surface area contributed by atoms with Crippen LogP contribution in [-0.2, 0) is 26.9 Å². The molecule has 1 aliphatic carbocycles. The fourth-order valence-corrected chi connectivity index (χ4v) is 5.90. The lowest BCUT2D eigenvalue weighted by Crippen LogP contribution is -2.36. The third-order valence-electron chi connectivity index (χ3n) is 5.89. The Morgan fingerprint density at radius 3 is 2.39 bits per heavy atom. The molecule has 0 aliphatic heterocycles. The number of nitrogens with zero attached hydrogens (tertiary/aromatic N) is 1. The number of fused-ring (bicyclic) bond motifs is 1. The average molecular weight is 443 g/mol. The minimum atomic E-state index is -3.67. The molecule has 0 spiro atoms. The van der Waals surface area contributed by atoms with Crippen molar-refractivity contribution >= 4 is 26.6 Å². The molecule has 3 aromatic rings. The quantitative estimate of drug-likeness (QED) is 0.568. The van der Waals surface area contributed by atoms with Gasteiger partial charge in [-0.3, -0.25) is 4.79 Å². The van der Waals surface area contributed by atoms with Crippen LogP contribution in [-0.4, -0.2) is 24.9 Å². The maximum absolute atomic E-state index is 13.2. The van der Waals surface area contributed by atoms with Gasteiger partial charge in [-0.25, -0.2) is 12.8 Å². The first kappa shape index (κ1) is 21.6. The maximum Gasteiger partial charge on any atom is 0.240 e. The predicted octanol–water partition coefficient (Wildman–Crippen LogP) is 4.59. The van der Waals surface area contributed by atoms with Crippen molar-refractivity contribution in [2.24, 2.45) is 0 Å². The highest BCUT2D eigenvalue weighted by Gasteiger charge is 2.23. The fourth-order valence-electron chi connectivity index (χ4n) is 4.32. The molecular formula is C24H27FN2O3S. The molecule has 1 saturated carbocycles. The molecule has 1 fully saturated rings. The van der Waals surface area contributed by atoms with Gasteiger partial charge in [-0.2, -0.15) is 0 Å². The molecule has 164 valence electrons. The highest BCUT2D eigenvalue weighted by molar-refractivity contribution is 7.90. The molecular weight excluding hydrogens is 415 g/mol. The van der Waals surface area contributed by atoms with Crippen molar-refractivity contribution in [3.05, 3.63) is 66.1 Å². The van der Waals surface area contributed by atoms with E-state index in [9.17, 15) is 17.6 Å². The Morgan fingerprint density at radius 1 is 1.00 bits per heavy atom. The van der Waals surface area contributed by atoms with Crippen molar-refractivity contribution in [2.45, 2.75) is 61.8 Å². The first-order valence-electron chi connectivity index (χ1n) is 10.8. The first-order valence-corrected chi connectivity index (χ1v) is 12.4. The summed E-state index contributed by atoms with van der Waals surface area (Å²) >= 11 is 0. The van der Waals surface area contributed by atoms with Gasteiger partial charge < -0.3 is 9.88 Å². The zero-order valence-electron chi connectivity index (χ0n) is 17.4. The van der Waals surface area contributed by atoms with Crippen LogP contribution in [0.4, 0.5) is 4.39 Å². The number of aromatic nitrogens is 1. The number of halogens is 1. The van der Waals surface area contributed by atoms with Crippen molar-refractivity contribution < 1.29 is 17.6 Å². The highest BCUT2D eigenvalue weighted by Crippen LogP contribution is 2.28. The summed E-state index contributed by atoms with van der Waals surface area (Å²) in [6, 6.07) is 12.9. The van der Waals surface area contributed by atoms with Gasteiger partial charge in [-0.05, 0) is 36.6 Å². The van der Waals surface area contributed by atoms with Gasteiger partial charge >= 0.3 is 0 Å². The summed E-state index contributed by atoms with van der Waals surface area (Å²) < 4.78 is 41.2. The molecule has 2 aromatic carbocycles. The van der Waals surface area contributed by atoms with Crippen LogP contribution in [0.5, 0.6) is 0 Å². The van der Waals surface area contributed by atoms with Crippen molar-refractivity contribution in [2.75, 3.05) is 0 Å². The van der Waals surface area contributed by atoms with Gasteiger partial charge in [0.05, 0.1) is 10.6 Å². The SMILES string of the molecule is O=C(Cn1cc(S(=O)(=O)Cc2ccc(F)cc2)c2ccccc21)NC1CCCCCC1. The van der Waals surface area contributed by atoms with Crippen molar-refractivity contribution in [1.29, 1.82) is 0 Å². The van der Waals surface area contributed by atoms with Crippen LogP contribution >= 0.6 is 0 Å². The van der Waals surface area contributed by atoms with Crippen LogP contribution in [0.3, 0.4) is 0 Å². The minimum absolute atomic E-state index is 0.0725. The zero-order chi connectivity index (χ0) is 21.8. The van der Waals surface area contributed by atoms with Gasteiger partial charge in [-0.15, -0.1) is 0 Å². The Bertz CT molecular complexity index is 1160. The molecule has 0 saturated heterocycles. The van der Waals surface area contributed by atoms with Crippen LogP contribution in [0.15, 0.2) is 59.6 Å². The van der Waals surface area contributed by atoms with Crippen molar-refractivity contribution in [3.8, 4) is 0 Å². The molecule has 1 heterocycles. The average Bonchev–Trinajstić information content (AvgIpc) is 2.91. The number of carbonyl (C=O) groups is 1. The predicted molar refractivity (Wildman–Crippen MR) is 119 cm³/mol. The van der Waals surface area contributed by atoms with E-state index in [2.05, 4.69) is 5.32 Å². The molecule has 0 radical (unpaired) electrons. The molecule has 7 heteroatoms. The Labute approximate surface area is 182 Å². The number of amides is 1.